The van der Waals surface area contributed by atoms with Crippen molar-refractivity contribution in [3.63, 3.8) is 0 Å². The van der Waals surface area contributed by atoms with E-state index in [1.807, 2.05) is 13.8 Å². The van der Waals surface area contributed by atoms with E-state index in [4.69, 9.17) is 0 Å². The van der Waals surface area contributed by atoms with E-state index in [-0.39, 0.29) is 0 Å². The van der Waals surface area contributed by atoms with Crippen LogP contribution in [0, 0.1) is 13.8 Å². The molecule has 0 saturated carbocycles. The van der Waals surface area contributed by atoms with Crippen molar-refractivity contribution >= 4 is 11.4 Å². The summed E-state index contributed by atoms with van der Waals surface area (Å²) >= 11 is 0. The SMILES string of the molecule is CC.Cc1ccccc1N1CCN(c2ccccc2C)C1. The van der Waals surface area contributed by atoms with E-state index in [9.17, 15) is 0 Å². The smallest absolute Gasteiger partial charge is 0.0904 e. The van der Waals surface area contributed by atoms with E-state index in [1.54, 1.807) is 0 Å². The van der Waals surface area contributed by atoms with Crippen LogP contribution in [0.1, 0.15) is 25.0 Å². The maximum atomic E-state index is 2.46. The molecule has 2 heteroatoms. The Bertz CT molecular complexity index is 526. The minimum absolute atomic E-state index is 0.982. The maximum Gasteiger partial charge on any atom is 0.0904 e. The predicted octanol–water partition coefficient (Wildman–Crippen LogP) is 4.61. The normalized spacial score (nSPS) is 13.9. The first-order valence-electron chi connectivity index (χ1n) is 7.87. The van der Waals surface area contributed by atoms with Crippen LogP contribution in [-0.2, 0) is 0 Å². The molecule has 0 bridgehead atoms. The number of benzene rings is 2. The second-order valence-electron chi connectivity index (χ2n) is 5.24. The fraction of sp³-hybridized carbons (Fsp3) is 0.368. The molecular formula is C19H26N2. The molecule has 0 radical (unpaired) electrons. The van der Waals surface area contributed by atoms with Crippen molar-refractivity contribution in [2.75, 3.05) is 29.6 Å². The molecule has 0 unspecified atom stereocenters. The van der Waals surface area contributed by atoms with Crippen LogP contribution < -0.4 is 9.80 Å². The minimum Gasteiger partial charge on any atom is -0.352 e. The minimum atomic E-state index is 0.982. The van der Waals surface area contributed by atoms with Crippen molar-refractivity contribution in [3.8, 4) is 0 Å². The predicted molar refractivity (Wildman–Crippen MR) is 93.3 cm³/mol. The molecule has 3 rings (SSSR count). The number of para-hydroxylation sites is 2. The lowest BCUT2D eigenvalue weighted by atomic mass is 10.2. The number of hydrogen-bond donors (Lipinski definition) is 0. The van der Waals surface area contributed by atoms with Crippen molar-refractivity contribution in [3.05, 3.63) is 59.7 Å². The van der Waals surface area contributed by atoms with E-state index < -0.39 is 0 Å². The Morgan fingerprint density at radius 1 is 0.667 bits per heavy atom. The lowest BCUT2D eigenvalue weighted by Crippen LogP contribution is -2.25. The molecule has 1 aliphatic heterocycles. The molecule has 1 saturated heterocycles. The van der Waals surface area contributed by atoms with Crippen molar-refractivity contribution in [1.29, 1.82) is 0 Å². The largest absolute Gasteiger partial charge is 0.352 e. The molecule has 1 aliphatic rings. The number of nitrogens with zero attached hydrogens (tertiary/aromatic N) is 2. The Labute approximate surface area is 129 Å². The molecule has 0 N–H and O–H groups in total. The molecule has 0 aromatic heterocycles. The molecule has 112 valence electrons. The van der Waals surface area contributed by atoms with Gasteiger partial charge < -0.3 is 9.80 Å². The Kier molecular flexibility index (Phi) is 5.26. The van der Waals surface area contributed by atoms with Gasteiger partial charge in [-0.2, -0.15) is 0 Å². The van der Waals surface area contributed by atoms with Gasteiger partial charge >= 0.3 is 0 Å². The summed E-state index contributed by atoms with van der Waals surface area (Å²) in [5.74, 6) is 0. The van der Waals surface area contributed by atoms with Gasteiger partial charge in [0.05, 0.1) is 6.67 Å². The Hall–Kier alpha value is -1.96. The van der Waals surface area contributed by atoms with Gasteiger partial charge in [-0.15, -0.1) is 0 Å². The van der Waals surface area contributed by atoms with E-state index in [0.717, 1.165) is 19.8 Å². The zero-order valence-electron chi connectivity index (χ0n) is 13.6. The first-order chi connectivity index (χ1) is 10.3. The maximum absolute atomic E-state index is 2.46. The molecule has 2 nitrogen and oxygen atoms in total. The summed E-state index contributed by atoms with van der Waals surface area (Å²) in [5, 5.41) is 0. The molecule has 0 atom stereocenters. The van der Waals surface area contributed by atoms with E-state index in [2.05, 4.69) is 72.2 Å². The molecule has 2 aromatic carbocycles. The number of aryl methyl sites for hydroxylation is 2. The molecule has 0 amide bonds. The van der Waals surface area contributed by atoms with Gasteiger partial charge in [-0.25, -0.2) is 0 Å². The van der Waals surface area contributed by atoms with Gasteiger partial charge in [0, 0.05) is 24.5 Å². The summed E-state index contributed by atoms with van der Waals surface area (Å²) in [6, 6.07) is 17.3. The summed E-state index contributed by atoms with van der Waals surface area (Å²) in [4.78, 5) is 4.92. The highest BCUT2D eigenvalue weighted by Crippen LogP contribution is 2.27. The molecular weight excluding hydrogens is 256 g/mol. The molecule has 2 aromatic rings. The number of hydrogen-bond acceptors (Lipinski definition) is 2. The molecule has 21 heavy (non-hydrogen) atoms. The Morgan fingerprint density at radius 3 is 1.43 bits per heavy atom. The number of anilines is 2. The summed E-state index contributed by atoms with van der Waals surface area (Å²) in [5.41, 5.74) is 5.43. The third-order valence-electron chi connectivity index (χ3n) is 3.89. The lowest BCUT2D eigenvalue weighted by Gasteiger charge is -2.23. The molecule has 0 aliphatic carbocycles. The van der Waals surface area contributed by atoms with Crippen LogP contribution in [-0.4, -0.2) is 19.8 Å². The zero-order chi connectivity index (χ0) is 15.2. The third kappa shape index (κ3) is 3.38. The van der Waals surface area contributed by atoms with Crippen molar-refractivity contribution < 1.29 is 0 Å². The van der Waals surface area contributed by atoms with Crippen LogP contribution >= 0.6 is 0 Å². The molecule has 1 fully saturated rings. The summed E-state index contributed by atoms with van der Waals surface area (Å²) < 4.78 is 0. The summed E-state index contributed by atoms with van der Waals surface area (Å²) in [6.45, 7) is 11.5. The highest BCUT2D eigenvalue weighted by atomic mass is 15.4. The average molecular weight is 282 g/mol. The lowest BCUT2D eigenvalue weighted by molar-refractivity contribution is 0.941. The summed E-state index contributed by atoms with van der Waals surface area (Å²) in [6.07, 6.45) is 0. The second kappa shape index (κ2) is 7.16. The van der Waals surface area contributed by atoms with Crippen LogP contribution in [0.5, 0.6) is 0 Å². The van der Waals surface area contributed by atoms with Crippen LogP contribution in [0.3, 0.4) is 0 Å². The van der Waals surface area contributed by atoms with E-state index in [1.165, 1.54) is 22.5 Å². The standard InChI is InChI=1S/C17H20N2.C2H6/c1-14-7-3-5-9-16(14)18-11-12-19(13-18)17-10-6-4-8-15(17)2;1-2/h3-10H,11-13H2,1-2H3;1-2H3. The summed E-state index contributed by atoms with van der Waals surface area (Å²) in [7, 11) is 0. The van der Waals surface area contributed by atoms with Crippen molar-refractivity contribution in [2.45, 2.75) is 27.7 Å². The highest BCUT2D eigenvalue weighted by Gasteiger charge is 2.22. The Morgan fingerprint density at radius 2 is 1.05 bits per heavy atom. The fourth-order valence-electron chi connectivity index (χ4n) is 2.82. The van der Waals surface area contributed by atoms with Gasteiger partial charge in [-0.1, -0.05) is 50.2 Å². The Balaban J connectivity index is 0.000000774. The van der Waals surface area contributed by atoms with Gasteiger partial charge in [0.25, 0.3) is 0 Å². The van der Waals surface area contributed by atoms with E-state index in [0.29, 0.717) is 0 Å². The third-order valence-corrected chi connectivity index (χ3v) is 3.89. The fourth-order valence-corrected chi connectivity index (χ4v) is 2.82. The second-order valence-corrected chi connectivity index (χ2v) is 5.24. The van der Waals surface area contributed by atoms with Crippen molar-refractivity contribution in [1.82, 2.24) is 0 Å². The van der Waals surface area contributed by atoms with Crippen molar-refractivity contribution in [2.24, 2.45) is 0 Å². The topological polar surface area (TPSA) is 6.48 Å². The number of rotatable bonds is 2. The van der Waals surface area contributed by atoms with Gasteiger partial charge in [-0.05, 0) is 37.1 Å². The zero-order valence-corrected chi connectivity index (χ0v) is 13.6. The van der Waals surface area contributed by atoms with E-state index >= 15 is 0 Å². The highest BCUT2D eigenvalue weighted by molar-refractivity contribution is 5.60. The van der Waals surface area contributed by atoms with Crippen LogP contribution in [0.4, 0.5) is 11.4 Å². The molecule has 1 heterocycles. The van der Waals surface area contributed by atoms with Gasteiger partial charge in [0.1, 0.15) is 0 Å². The first-order valence-corrected chi connectivity index (χ1v) is 7.87. The monoisotopic (exact) mass is 282 g/mol. The molecule has 0 spiro atoms. The van der Waals surface area contributed by atoms with Crippen LogP contribution in [0.25, 0.3) is 0 Å². The van der Waals surface area contributed by atoms with Gasteiger partial charge in [-0.3, -0.25) is 0 Å². The van der Waals surface area contributed by atoms with Gasteiger partial charge in [0.2, 0.25) is 0 Å². The van der Waals surface area contributed by atoms with Crippen LogP contribution in [0.2, 0.25) is 0 Å². The average Bonchev–Trinajstić information content (AvgIpc) is 3.00. The van der Waals surface area contributed by atoms with Crippen LogP contribution in [0.15, 0.2) is 48.5 Å². The quantitative estimate of drug-likeness (QED) is 0.793. The van der Waals surface area contributed by atoms with Gasteiger partial charge in [0.15, 0.2) is 0 Å². The first kappa shape index (κ1) is 15.4.